The second-order valence-corrected chi connectivity index (χ2v) is 6.35. The molecule has 2 N–H and O–H groups in total. The molecule has 2 nitrogen and oxygen atoms in total. The SMILES string of the molecule is CCCCS(=O)CC(N)C1CCCCC1. The lowest BCUT2D eigenvalue weighted by Gasteiger charge is -2.27. The fraction of sp³-hybridized carbons (Fsp3) is 1.00. The van der Waals surface area contributed by atoms with Crippen molar-refractivity contribution in [2.45, 2.75) is 57.9 Å². The van der Waals surface area contributed by atoms with Crippen molar-refractivity contribution in [2.24, 2.45) is 11.7 Å². The molecule has 2 unspecified atom stereocenters. The van der Waals surface area contributed by atoms with Crippen LogP contribution in [0.3, 0.4) is 0 Å². The van der Waals surface area contributed by atoms with Gasteiger partial charge in [-0.3, -0.25) is 4.21 Å². The normalized spacial score (nSPS) is 22.5. The molecule has 0 saturated heterocycles. The standard InChI is InChI=1S/C12H25NOS/c1-2-3-9-15(14)10-12(13)11-7-5-4-6-8-11/h11-12H,2-10,13H2,1H3. The van der Waals surface area contributed by atoms with E-state index in [-0.39, 0.29) is 6.04 Å². The van der Waals surface area contributed by atoms with E-state index in [1.165, 1.54) is 32.1 Å². The minimum Gasteiger partial charge on any atom is -0.327 e. The molecule has 0 spiro atoms. The first-order chi connectivity index (χ1) is 7.24. The fourth-order valence-electron chi connectivity index (χ4n) is 2.30. The summed E-state index contributed by atoms with van der Waals surface area (Å²) in [6, 6.07) is 0.183. The molecule has 1 aliphatic rings. The predicted octanol–water partition coefficient (Wildman–Crippen LogP) is 2.44. The van der Waals surface area contributed by atoms with Crippen LogP contribution in [0.4, 0.5) is 0 Å². The van der Waals surface area contributed by atoms with Gasteiger partial charge in [-0.1, -0.05) is 32.6 Å². The number of hydrogen-bond donors (Lipinski definition) is 1. The lowest BCUT2D eigenvalue weighted by molar-refractivity contribution is 0.318. The maximum atomic E-state index is 11.7. The fourth-order valence-corrected chi connectivity index (χ4v) is 3.78. The van der Waals surface area contributed by atoms with Crippen molar-refractivity contribution in [2.75, 3.05) is 11.5 Å². The van der Waals surface area contributed by atoms with Crippen LogP contribution in [0.5, 0.6) is 0 Å². The van der Waals surface area contributed by atoms with Crippen LogP contribution in [0.25, 0.3) is 0 Å². The van der Waals surface area contributed by atoms with E-state index >= 15 is 0 Å². The van der Waals surface area contributed by atoms with Crippen LogP contribution in [0.2, 0.25) is 0 Å². The number of nitrogens with two attached hydrogens (primary N) is 1. The number of unbranched alkanes of at least 4 members (excludes halogenated alkanes) is 1. The molecule has 0 aromatic carbocycles. The Morgan fingerprint density at radius 1 is 1.33 bits per heavy atom. The van der Waals surface area contributed by atoms with Crippen molar-refractivity contribution in [3.05, 3.63) is 0 Å². The van der Waals surface area contributed by atoms with Crippen molar-refractivity contribution >= 4 is 10.8 Å². The largest absolute Gasteiger partial charge is 0.327 e. The van der Waals surface area contributed by atoms with Crippen LogP contribution < -0.4 is 5.73 Å². The van der Waals surface area contributed by atoms with Crippen molar-refractivity contribution in [3.8, 4) is 0 Å². The van der Waals surface area contributed by atoms with Crippen molar-refractivity contribution in [3.63, 3.8) is 0 Å². The molecule has 0 bridgehead atoms. The topological polar surface area (TPSA) is 43.1 Å². The van der Waals surface area contributed by atoms with Crippen molar-refractivity contribution in [1.82, 2.24) is 0 Å². The Bertz CT molecular complexity index is 190. The molecular formula is C12H25NOS. The van der Waals surface area contributed by atoms with Crippen LogP contribution in [-0.2, 0) is 10.8 Å². The third kappa shape index (κ3) is 5.12. The average Bonchev–Trinajstić information content (AvgIpc) is 2.27. The Kier molecular flexibility index (Phi) is 6.50. The van der Waals surface area contributed by atoms with Gasteiger partial charge < -0.3 is 5.73 Å². The maximum absolute atomic E-state index is 11.7. The van der Waals surface area contributed by atoms with Gasteiger partial charge in [0.2, 0.25) is 0 Å². The molecule has 0 radical (unpaired) electrons. The van der Waals surface area contributed by atoms with Gasteiger partial charge in [0.1, 0.15) is 0 Å². The van der Waals surface area contributed by atoms with Gasteiger partial charge >= 0.3 is 0 Å². The second kappa shape index (κ2) is 7.39. The lowest BCUT2D eigenvalue weighted by atomic mass is 9.85. The Hall–Kier alpha value is 0.110. The minimum absolute atomic E-state index is 0.183. The van der Waals surface area contributed by atoms with E-state index in [4.69, 9.17) is 5.73 Å². The average molecular weight is 231 g/mol. The highest BCUT2D eigenvalue weighted by atomic mass is 32.2. The van der Waals surface area contributed by atoms with Gasteiger partial charge in [-0.2, -0.15) is 0 Å². The van der Waals surface area contributed by atoms with Gasteiger partial charge in [0.05, 0.1) is 0 Å². The highest BCUT2D eigenvalue weighted by Crippen LogP contribution is 2.25. The lowest BCUT2D eigenvalue weighted by Crippen LogP contribution is -2.36. The zero-order valence-electron chi connectivity index (χ0n) is 9.91. The molecule has 3 heteroatoms. The predicted molar refractivity (Wildman–Crippen MR) is 67.3 cm³/mol. The molecular weight excluding hydrogens is 206 g/mol. The number of rotatable bonds is 6. The third-order valence-electron chi connectivity index (χ3n) is 3.36. The molecule has 0 amide bonds. The zero-order valence-corrected chi connectivity index (χ0v) is 10.7. The van der Waals surface area contributed by atoms with Crippen LogP contribution in [-0.4, -0.2) is 21.8 Å². The quantitative estimate of drug-likeness (QED) is 0.763. The molecule has 1 fully saturated rings. The molecule has 90 valence electrons. The highest BCUT2D eigenvalue weighted by molar-refractivity contribution is 7.85. The summed E-state index contributed by atoms with van der Waals surface area (Å²) in [5, 5.41) is 0. The first-order valence-electron chi connectivity index (χ1n) is 6.34. The van der Waals surface area contributed by atoms with Crippen LogP contribution in [0, 0.1) is 5.92 Å². The molecule has 1 rings (SSSR count). The van der Waals surface area contributed by atoms with Crippen LogP contribution >= 0.6 is 0 Å². The molecule has 0 aromatic heterocycles. The van der Waals surface area contributed by atoms with Gasteiger partial charge in [-0.15, -0.1) is 0 Å². The smallest absolute Gasteiger partial charge is 0.0389 e. The Balaban J connectivity index is 2.21. The Labute approximate surface area is 96.5 Å². The highest BCUT2D eigenvalue weighted by Gasteiger charge is 2.21. The van der Waals surface area contributed by atoms with Gasteiger partial charge in [-0.25, -0.2) is 0 Å². The maximum Gasteiger partial charge on any atom is 0.0389 e. The molecule has 15 heavy (non-hydrogen) atoms. The van der Waals surface area contributed by atoms with Gasteiger partial charge in [0, 0.05) is 28.3 Å². The summed E-state index contributed by atoms with van der Waals surface area (Å²) in [6.07, 6.45) is 8.72. The monoisotopic (exact) mass is 231 g/mol. The Morgan fingerprint density at radius 3 is 2.60 bits per heavy atom. The molecule has 1 aliphatic carbocycles. The van der Waals surface area contributed by atoms with E-state index in [1.807, 2.05) is 0 Å². The van der Waals surface area contributed by atoms with Crippen molar-refractivity contribution < 1.29 is 4.21 Å². The summed E-state index contributed by atoms with van der Waals surface area (Å²) < 4.78 is 11.7. The van der Waals surface area contributed by atoms with Crippen molar-refractivity contribution in [1.29, 1.82) is 0 Å². The summed E-state index contributed by atoms with van der Waals surface area (Å²) in [4.78, 5) is 0. The molecule has 1 saturated carbocycles. The van der Waals surface area contributed by atoms with Gasteiger partial charge in [0.25, 0.3) is 0 Å². The summed E-state index contributed by atoms with van der Waals surface area (Å²) in [5.41, 5.74) is 6.13. The molecule has 0 aliphatic heterocycles. The molecule has 0 heterocycles. The molecule has 2 atom stereocenters. The van der Waals surface area contributed by atoms with E-state index in [0.717, 1.165) is 24.3 Å². The van der Waals surface area contributed by atoms with Crippen LogP contribution in [0.15, 0.2) is 0 Å². The minimum atomic E-state index is -0.677. The van der Waals surface area contributed by atoms with Gasteiger partial charge in [-0.05, 0) is 25.2 Å². The van der Waals surface area contributed by atoms with E-state index in [2.05, 4.69) is 6.92 Å². The van der Waals surface area contributed by atoms with E-state index in [9.17, 15) is 4.21 Å². The van der Waals surface area contributed by atoms with E-state index in [0.29, 0.717) is 5.92 Å². The summed E-state index contributed by atoms with van der Waals surface area (Å²) in [6.45, 7) is 2.14. The van der Waals surface area contributed by atoms with Gasteiger partial charge in [0.15, 0.2) is 0 Å². The third-order valence-corrected chi connectivity index (χ3v) is 4.86. The first-order valence-corrected chi connectivity index (χ1v) is 7.83. The van der Waals surface area contributed by atoms with E-state index in [1.54, 1.807) is 0 Å². The summed E-state index contributed by atoms with van der Waals surface area (Å²) >= 11 is 0. The second-order valence-electron chi connectivity index (χ2n) is 4.73. The number of hydrogen-bond acceptors (Lipinski definition) is 2. The van der Waals surface area contributed by atoms with Crippen LogP contribution in [0.1, 0.15) is 51.9 Å². The molecule has 0 aromatic rings. The summed E-state index contributed by atoms with van der Waals surface area (Å²) in [7, 11) is -0.677. The zero-order chi connectivity index (χ0) is 11.1. The Morgan fingerprint density at radius 2 is 2.00 bits per heavy atom. The summed E-state index contributed by atoms with van der Waals surface area (Å²) in [5.74, 6) is 2.21. The first kappa shape index (κ1) is 13.2. The van der Waals surface area contributed by atoms with E-state index < -0.39 is 10.8 Å².